The Morgan fingerprint density at radius 2 is 2.10 bits per heavy atom. The summed E-state index contributed by atoms with van der Waals surface area (Å²) in [6.07, 6.45) is -2.66. The zero-order valence-corrected chi connectivity index (χ0v) is 16.0. The van der Waals surface area contributed by atoms with Crippen LogP contribution < -0.4 is 11.1 Å². The van der Waals surface area contributed by atoms with Crippen molar-refractivity contribution in [2.24, 2.45) is 5.73 Å². The topological polar surface area (TPSA) is 146 Å². The molecule has 3 rings (SSSR count). The first-order valence-corrected chi connectivity index (χ1v) is 9.07. The van der Waals surface area contributed by atoms with Gasteiger partial charge < -0.3 is 11.1 Å². The fourth-order valence-electron chi connectivity index (χ4n) is 2.71. The van der Waals surface area contributed by atoms with E-state index in [0.29, 0.717) is 11.3 Å². The van der Waals surface area contributed by atoms with Crippen molar-refractivity contribution < 1.29 is 27.7 Å². The number of hydrogen-bond acceptors (Lipinski definition) is 7. The normalized spacial score (nSPS) is 11.6. The van der Waals surface area contributed by atoms with Gasteiger partial charge in [-0.05, 0) is 18.6 Å². The number of pyridine rings is 1. The van der Waals surface area contributed by atoms with E-state index in [4.69, 9.17) is 5.73 Å². The van der Waals surface area contributed by atoms with Crippen LogP contribution in [0.2, 0.25) is 0 Å². The van der Waals surface area contributed by atoms with E-state index in [0.717, 1.165) is 18.5 Å². The molecule has 0 aliphatic heterocycles. The number of halogens is 3. The van der Waals surface area contributed by atoms with Crippen molar-refractivity contribution in [3.63, 3.8) is 0 Å². The first-order chi connectivity index (χ1) is 14.0. The number of amides is 2. The first kappa shape index (κ1) is 21.2. The minimum Gasteiger partial charge on any atom is -0.365 e. The van der Waals surface area contributed by atoms with Crippen LogP contribution in [-0.2, 0) is 17.5 Å². The van der Waals surface area contributed by atoms with Crippen LogP contribution in [0.4, 0.5) is 24.5 Å². The summed E-state index contributed by atoms with van der Waals surface area (Å²) in [5, 5.41) is 17.1. The molecule has 0 saturated carbocycles. The van der Waals surface area contributed by atoms with Crippen LogP contribution in [0, 0.1) is 17.0 Å². The highest BCUT2D eigenvalue weighted by Crippen LogP contribution is 2.39. The van der Waals surface area contributed by atoms with Crippen molar-refractivity contribution in [2.75, 3.05) is 5.32 Å². The second-order valence-corrected chi connectivity index (χ2v) is 7.19. The number of primary amides is 1. The fraction of sp³-hybridized carbons (Fsp3) is 0.250. The van der Waals surface area contributed by atoms with Gasteiger partial charge in [0.1, 0.15) is 27.8 Å². The SMILES string of the molecule is Cc1cc(C(F)(F)F)nc2sc(C(N)=O)c(NC(=O)CCn3cc([N+](=O)[O-])cn3)c12. The minimum atomic E-state index is -4.67. The molecule has 0 spiro atoms. The van der Waals surface area contributed by atoms with Gasteiger partial charge in [0.25, 0.3) is 5.91 Å². The summed E-state index contributed by atoms with van der Waals surface area (Å²) >= 11 is 0.647. The minimum absolute atomic E-state index is 0.00308. The molecule has 158 valence electrons. The van der Waals surface area contributed by atoms with Gasteiger partial charge in [-0.3, -0.25) is 24.4 Å². The number of alkyl halides is 3. The van der Waals surface area contributed by atoms with Gasteiger partial charge in [-0.25, -0.2) is 4.98 Å². The van der Waals surface area contributed by atoms with Crippen LogP contribution in [-0.4, -0.2) is 31.5 Å². The molecule has 0 fully saturated rings. The summed E-state index contributed by atoms with van der Waals surface area (Å²) in [7, 11) is 0. The quantitative estimate of drug-likeness (QED) is 0.443. The standard InChI is InChI=1S/C16H13F3N6O4S/c1-7-4-9(16(17,18)19)22-15-11(7)12(13(30-15)14(20)27)23-10(26)2-3-24-6-8(5-21-24)25(28)29/h4-6H,2-3H2,1H3,(H2,20,27)(H,23,26). The molecule has 0 bridgehead atoms. The van der Waals surface area contributed by atoms with Gasteiger partial charge in [0.2, 0.25) is 5.91 Å². The molecule has 30 heavy (non-hydrogen) atoms. The molecule has 0 aromatic carbocycles. The Labute approximate surface area is 169 Å². The number of aryl methyl sites for hydroxylation is 2. The molecule has 0 unspecified atom stereocenters. The molecule has 0 aliphatic rings. The van der Waals surface area contributed by atoms with Crippen LogP contribution in [0.5, 0.6) is 0 Å². The number of carbonyl (C=O) groups is 2. The van der Waals surface area contributed by atoms with Crippen LogP contribution in [0.15, 0.2) is 18.5 Å². The summed E-state index contributed by atoms with van der Waals surface area (Å²) in [6.45, 7) is 1.40. The predicted octanol–water partition coefficient (Wildman–Crippen LogP) is 2.86. The average Bonchev–Trinajstić information content (AvgIpc) is 3.24. The number of nitrogens with zero attached hydrogens (tertiary/aromatic N) is 4. The van der Waals surface area contributed by atoms with Crippen molar-refractivity contribution in [1.29, 1.82) is 0 Å². The molecule has 0 radical (unpaired) electrons. The van der Waals surface area contributed by atoms with Crippen molar-refractivity contribution >= 4 is 44.7 Å². The number of aromatic nitrogens is 3. The number of nitro groups is 1. The van der Waals surface area contributed by atoms with Crippen LogP contribution in [0.1, 0.15) is 27.3 Å². The van der Waals surface area contributed by atoms with E-state index < -0.39 is 28.6 Å². The summed E-state index contributed by atoms with van der Waals surface area (Å²) in [5.41, 5.74) is 4.10. The van der Waals surface area contributed by atoms with Gasteiger partial charge in [0.05, 0.1) is 10.6 Å². The van der Waals surface area contributed by atoms with Crippen molar-refractivity contribution in [2.45, 2.75) is 26.1 Å². The van der Waals surface area contributed by atoms with Gasteiger partial charge in [-0.1, -0.05) is 0 Å². The van der Waals surface area contributed by atoms with E-state index in [1.54, 1.807) is 0 Å². The van der Waals surface area contributed by atoms with Gasteiger partial charge >= 0.3 is 11.9 Å². The molecule has 10 nitrogen and oxygen atoms in total. The number of thiophene rings is 1. The molecule has 3 N–H and O–H groups in total. The van der Waals surface area contributed by atoms with Crippen LogP contribution in [0.3, 0.4) is 0 Å². The third kappa shape index (κ3) is 4.22. The van der Waals surface area contributed by atoms with Crippen molar-refractivity contribution in [1.82, 2.24) is 14.8 Å². The third-order valence-electron chi connectivity index (χ3n) is 4.04. The lowest BCUT2D eigenvalue weighted by atomic mass is 10.1. The van der Waals surface area contributed by atoms with E-state index in [2.05, 4.69) is 15.4 Å². The maximum atomic E-state index is 13.0. The highest BCUT2D eigenvalue weighted by Gasteiger charge is 2.34. The van der Waals surface area contributed by atoms with Crippen LogP contribution in [0.25, 0.3) is 10.2 Å². The average molecular weight is 442 g/mol. The van der Waals surface area contributed by atoms with Gasteiger partial charge in [-0.2, -0.15) is 18.3 Å². The zero-order valence-electron chi connectivity index (χ0n) is 15.2. The third-order valence-corrected chi connectivity index (χ3v) is 5.13. The van der Waals surface area contributed by atoms with E-state index in [-0.39, 0.29) is 45.0 Å². The van der Waals surface area contributed by atoms with Crippen molar-refractivity contribution in [3.8, 4) is 0 Å². The molecule has 0 saturated heterocycles. The Bertz CT molecular complexity index is 1170. The Hall–Kier alpha value is -3.55. The Kier molecular flexibility index (Phi) is 5.43. The van der Waals surface area contributed by atoms with E-state index in [1.807, 2.05) is 0 Å². The molecule has 14 heteroatoms. The number of hydrogen-bond donors (Lipinski definition) is 2. The van der Waals surface area contributed by atoms with Gasteiger partial charge in [0, 0.05) is 18.4 Å². The van der Waals surface area contributed by atoms with Crippen LogP contribution >= 0.6 is 11.3 Å². The lowest BCUT2D eigenvalue weighted by Crippen LogP contribution is -2.18. The number of nitrogens with two attached hydrogens (primary N) is 1. The predicted molar refractivity (Wildman–Crippen MR) is 100 cm³/mol. The maximum Gasteiger partial charge on any atom is 0.433 e. The Morgan fingerprint density at radius 3 is 2.67 bits per heavy atom. The largest absolute Gasteiger partial charge is 0.433 e. The number of carbonyl (C=O) groups excluding carboxylic acids is 2. The Balaban J connectivity index is 1.88. The smallest absolute Gasteiger partial charge is 0.365 e. The number of rotatable bonds is 6. The summed E-state index contributed by atoms with van der Waals surface area (Å²) < 4.78 is 40.2. The Morgan fingerprint density at radius 1 is 1.40 bits per heavy atom. The molecule has 0 aliphatic carbocycles. The fourth-order valence-corrected chi connectivity index (χ4v) is 3.77. The van der Waals surface area contributed by atoms with E-state index in [9.17, 15) is 32.9 Å². The second kappa shape index (κ2) is 7.70. The molecule has 2 amide bonds. The lowest BCUT2D eigenvalue weighted by molar-refractivity contribution is -0.385. The molecular weight excluding hydrogens is 429 g/mol. The second-order valence-electron chi connectivity index (χ2n) is 6.19. The molecule has 3 heterocycles. The number of fused-ring (bicyclic) bond motifs is 1. The van der Waals surface area contributed by atoms with E-state index in [1.165, 1.54) is 11.6 Å². The zero-order chi connectivity index (χ0) is 22.2. The molecule has 0 atom stereocenters. The number of anilines is 1. The van der Waals surface area contributed by atoms with Gasteiger partial charge in [0.15, 0.2) is 0 Å². The van der Waals surface area contributed by atoms with E-state index >= 15 is 0 Å². The highest BCUT2D eigenvalue weighted by atomic mass is 32.1. The lowest BCUT2D eigenvalue weighted by Gasteiger charge is -2.10. The summed E-state index contributed by atoms with van der Waals surface area (Å²) in [6, 6.07) is 0.818. The summed E-state index contributed by atoms with van der Waals surface area (Å²) in [4.78, 5) is 37.5. The maximum absolute atomic E-state index is 13.0. The monoisotopic (exact) mass is 442 g/mol. The number of nitrogens with one attached hydrogen (secondary N) is 1. The molecule has 3 aromatic rings. The summed E-state index contributed by atoms with van der Waals surface area (Å²) in [5.74, 6) is -1.52. The van der Waals surface area contributed by atoms with Crippen molar-refractivity contribution in [3.05, 3.63) is 44.7 Å². The first-order valence-electron chi connectivity index (χ1n) is 8.25. The molecular formula is C16H13F3N6O4S. The van der Waals surface area contributed by atoms with Gasteiger partial charge in [-0.15, -0.1) is 11.3 Å². The highest BCUT2D eigenvalue weighted by molar-refractivity contribution is 7.21. The molecule has 3 aromatic heterocycles.